The molecule has 40 heavy (non-hydrogen) atoms. The lowest BCUT2D eigenvalue weighted by atomic mass is 9.85. The molecule has 0 amide bonds. The molecule has 0 unspecified atom stereocenters. The Morgan fingerprint density at radius 2 is 0.825 bits per heavy atom. The van der Waals surface area contributed by atoms with Gasteiger partial charge in [-0.3, -0.25) is 0 Å². The monoisotopic (exact) mass is 520 g/mol. The van der Waals surface area contributed by atoms with Gasteiger partial charge in [0, 0.05) is 32.9 Å². The fraction of sp³-hybridized carbons (Fsp3) is 0.211. The van der Waals surface area contributed by atoms with E-state index >= 15 is 0 Å². The van der Waals surface area contributed by atoms with E-state index in [1.165, 1.54) is 66.1 Å². The van der Waals surface area contributed by atoms with E-state index in [2.05, 4.69) is 160 Å². The van der Waals surface area contributed by atoms with E-state index in [1.54, 1.807) is 0 Å². The highest BCUT2D eigenvalue weighted by molar-refractivity contribution is 6.12. The van der Waals surface area contributed by atoms with Crippen molar-refractivity contribution in [1.29, 1.82) is 0 Å². The van der Waals surface area contributed by atoms with E-state index in [-0.39, 0.29) is 10.8 Å². The van der Waals surface area contributed by atoms with Gasteiger partial charge >= 0.3 is 0 Å². The van der Waals surface area contributed by atoms with Crippen LogP contribution in [0.1, 0.15) is 52.7 Å². The molecule has 2 nitrogen and oxygen atoms in total. The van der Waals surface area contributed by atoms with Crippen LogP contribution in [0.3, 0.4) is 0 Å². The van der Waals surface area contributed by atoms with Gasteiger partial charge in [0.1, 0.15) is 0 Å². The Kier molecular flexibility index (Phi) is 5.31. The van der Waals surface area contributed by atoms with E-state index in [0.29, 0.717) is 0 Å². The van der Waals surface area contributed by atoms with Crippen LogP contribution < -0.4 is 0 Å². The van der Waals surface area contributed by atoms with Crippen molar-refractivity contribution >= 4 is 43.6 Å². The van der Waals surface area contributed by atoms with Crippen molar-refractivity contribution in [3.8, 4) is 11.4 Å². The van der Waals surface area contributed by atoms with E-state index in [4.69, 9.17) is 0 Å². The molecule has 0 aliphatic rings. The highest BCUT2D eigenvalue weighted by Crippen LogP contribution is 2.39. The Hall–Kier alpha value is -4.30. The zero-order valence-electron chi connectivity index (χ0n) is 24.3. The smallest absolute Gasteiger partial charge is 0.0542 e. The Morgan fingerprint density at radius 3 is 1.40 bits per heavy atom. The average molecular weight is 521 g/mol. The number of fused-ring (bicyclic) bond motifs is 6. The molecule has 0 aliphatic heterocycles. The summed E-state index contributed by atoms with van der Waals surface area (Å²) < 4.78 is 4.84. The predicted molar refractivity (Wildman–Crippen MR) is 173 cm³/mol. The van der Waals surface area contributed by atoms with Crippen LogP contribution in [0.5, 0.6) is 0 Å². The summed E-state index contributed by atoms with van der Waals surface area (Å²) in [5, 5.41) is 5.18. The molecule has 0 fully saturated rings. The molecule has 2 aromatic heterocycles. The molecule has 0 radical (unpaired) electrons. The largest absolute Gasteiger partial charge is 0.309 e. The lowest BCUT2D eigenvalue weighted by Gasteiger charge is -2.19. The standard InChI is InChI=1S/C38H36N2/c1-37(2,3)25-16-19-34-30(22-25)31-23-26(38(4,5)6)17-20-35(31)40(34)28-18-21-36-32(24-28)29-14-10-11-15-33(29)39(36)27-12-8-7-9-13-27/h7-24H,1-6H3. The molecule has 2 heteroatoms. The van der Waals surface area contributed by atoms with Crippen molar-refractivity contribution < 1.29 is 0 Å². The Labute approximate surface area is 236 Å². The summed E-state index contributed by atoms with van der Waals surface area (Å²) in [5.41, 5.74) is 10.2. The SMILES string of the molecule is CC(C)(C)c1ccc2c(c1)c1cc(C(C)(C)C)ccc1n2-c1ccc2c(c1)c1ccccc1n2-c1ccccc1. The number of hydrogen-bond acceptors (Lipinski definition) is 0. The first-order valence-electron chi connectivity index (χ1n) is 14.3. The average Bonchev–Trinajstić information content (AvgIpc) is 3.44. The van der Waals surface area contributed by atoms with Crippen molar-refractivity contribution in [3.63, 3.8) is 0 Å². The van der Waals surface area contributed by atoms with Crippen LogP contribution in [0.15, 0.2) is 109 Å². The molecule has 0 spiro atoms. The maximum absolute atomic E-state index is 2.46. The molecule has 0 saturated carbocycles. The van der Waals surface area contributed by atoms with E-state index in [9.17, 15) is 0 Å². The van der Waals surface area contributed by atoms with Gasteiger partial charge in [-0.1, -0.05) is 90.1 Å². The quantitative estimate of drug-likeness (QED) is 0.215. The van der Waals surface area contributed by atoms with Crippen LogP contribution in [0.4, 0.5) is 0 Å². The summed E-state index contributed by atoms with van der Waals surface area (Å²) >= 11 is 0. The summed E-state index contributed by atoms with van der Waals surface area (Å²) in [5.74, 6) is 0. The molecular weight excluding hydrogens is 484 g/mol. The first kappa shape index (κ1) is 24.7. The van der Waals surface area contributed by atoms with Gasteiger partial charge in [-0.15, -0.1) is 0 Å². The first-order chi connectivity index (χ1) is 19.1. The van der Waals surface area contributed by atoms with Crippen LogP contribution >= 0.6 is 0 Å². The topological polar surface area (TPSA) is 9.86 Å². The van der Waals surface area contributed by atoms with Crippen molar-refractivity contribution in [2.45, 2.75) is 52.4 Å². The second kappa shape index (κ2) is 8.60. The fourth-order valence-corrected chi connectivity index (χ4v) is 6.19. The molecule has 7 aromatic rings. The Bertz CT molecular complexity index is 1980. The van der Waals surface area contributed by atoms with Crippen LogP contribution in [0.2, 0.25) is 0 Å². The minimum Gasteiger partial charge on any atom is -0.309 e. The predicted octanol–water partition coefficient (Wildman–Crippen LogP) is 10.5. The zero-order chi connectivity index (χ0) is 27.8. The van der Waals surface area contributed by atoms with E-state index in [0.717, 1.165) is 0 Å². The molecular formula is C38H36N2. The molecule has 198 valence electrons. The molecule has 0 saturated heterocycles. The highest BCUT2D eigenvalue weighted by atomic mass is 15.0. The third kappa shape index (κ3) is 3.78. The second-order valence-corrected chi connectivity index (χ2v) is 13.2. The normalized spacial score (nSPS) is 12.8. The van der Waals surface area contributed by atoms with Crippen LogP contribution in [-0.4, -0.2) is 9.13 Å². The van der Waals surface area contributed by atoms with E-state index in [1.807, 2.05) is 0 Å². The number of rotatable bonds is 2. The van der Waals surface area contributed by atoms with Gasteiger partial charge < -0.3 is 9.13 Å². The molecule has 0 N–H and O–H groups in total. The summed E-state index contributed by atoms with van der Waals surface area (Å²) in [6.07, 6.45) is 0. The first-order valence-corrected chi connectivity index (χ1v) is 14.3. The fourth-order valence-electron chi connectivity index (χ4n) is 6.19. The van der Waals surface area contributed by atoms with Gasteiger partial charge in [0.05, 0.1) is 22.1 Å². The summed E-state index contributed by atoms with van der Waals surface area (Å²) in [6.45, 7) is 13.8. The van der Waals surface area contributed by atoms with Crippen molar-refractivity contribution in [2.75, 3.05) is 0 Å². The Balaban J connectivity index is 1.55. The number of para-hydroxylation sites is 2. The van der Waals surface area contributed by atoms with Gasteiger partial charge in [-0.25, -0.2) is 0 Å². The summed E-state index contributed by atoms with van der Waals surface area (Å²) in [4.78, 5) is 0. The lowest BCUT2D eigenvalue weighted by Crippen LogP contribution is -2.10. The lowest BCUT2D eigenvalue weighted by molar-refractivity contribution is 0.590. The van der Waals surface area contributed by atoms with Gasteiger partial charge in [0.2, 0.25) is 0 Å². The molecule has 7 rings (SSSR count). The van der Waals surface area contributed by atoms with Gasteiger partial charge in [0.15, 0.2) is 0 Å². The van der Waals surface area contributed by atoms with Gasteiger partial charge in [-0.05, 0) is 82.6 Å². The maximum Gasteiger partial charge on any atom is 0.0542 e. The summed E-state index contributed by atoms with van der Waals surface area (Å²) in [6, 6.07) is 40.5. The maximum atomic E-state index is 2.46. The number of hydrogen-bond donors (Lipinski definition) is 0. The minimum absolute atomic E-state index is 0.0857. The molecule has 5 aromatic carbocycles. The van der Waals surface area contributed by atoms with Crippen LogP contribution in [0, 0.1) is 0 Å². The van der Waals surface area contributed by atoms with Crippen LogP contribution in [0.25, 0.3) is 55.0 Å². The third-order valence-electron chi connectivity index (χ3n) is 8.43. The zero-order valence-corrected chi connectivity index (χ0v) is 24.3. The Morgan fingerprint density at radius 1 is 0.375 bits per heavy atom. The van der Waals surface area contributed by atoms with Crippen molar-refractivity contribution in [3.05, 3.63) is 120 Å². The third-order valence-corrected chi connectivity index (χ3v) is 8.43. The van der Waals surface area contributed by atoms with Crippen molar-refractivity contribution in [1.82, 2.24) is 9.13 Å². The molecule has 0 aliphatic carbocycles. The number of nitrogens with zero attached hydrogens (tertiary/aromatic N) is 2. The van der Waals surface area contributed by atoms with E-state index < -0.39 is 0 Å². The number of benzene rings is 5. The minimum atomic E-state index is 0.0857. The molecule has 0 atom stereocenters. The second-order valence-electron chi connectivity index (χ2n) is 13.2. The summed E-state index contributed by atoms with van der Waals surface area (Å²) in [7, 11) is 0. The molecule has 2 heterocycles. The van der Waals surface area contributed by atoms with Gasteiger partial charge in [-0.2, -0.15) is 0 Å². The van der Waals surface area contributed by atoms with Gasteiger partial charge in [0.25, 0.3) is 0 Å². The highest BCUT2D eigenvalue weighted by Gasteiger charge is 2.21. The van der Waals surface area contributed by atoms with Crippen LogP contribution in [-0.2, 0) is 10.8 Å². The number of aromatic nitrogens is 2. The molecule has 0 bridgehead atoms. The van der Waals surface area contributed by atoms with Crippen molar-refractivity contribution in [2.24, 2.45) is 0 Å².